The van der Waals surface area contributed by atoms with Crippen LogP contribution < -0.4 is 10.6 Å². The lowest BCUT2D eigenvalue weighted by Gasteiger charge is -2.25. The maximum Gasteiger partial charge on any atom is 0.328 e. The Kier molecular flexibility index (Phi) is 4.76. The molecule has 1 aromatic carbocycles. The molecule has 1 fully saturated rings. The fourth-order valence-corrected chi connectivity index (χ4v) is 2.00. The van der Waals surface area contributed by atoms with Crippen LogP contribution >= 0.6 is 0 Å². The number of hydrogen-bond acceptors (Lipinski definition) is 2. The maximum atomic E-state index is 11.7. The topological polar surface area (TPSA) is 78.4 Å². The number of nitrogens with one attached hydrogen (secondary N) is 2. The minimum atomic E-state index is -0.999. The monoisotopic (exact) mass is 274 g/mol. The van der Waals surface area contributed by atoms with Crippen LogP contribution in [0.5, 0.6) is 0 Å². The average Bonchev–Trinajstić information content (AvgIpc) is 2.35. The molecule has 20 heavy (non-hydrogen) atoms. The molecular weight excluding hydrogens is 256 g/mol. The summed E-state index contributed by atoms with van der Waals surface area (Å²) in [6.45, 7) is 0.713. The van der Waals surface area contributed by atoms with Gasteiger partial charge in [-0.25, -0.2) is 9.59 Å². The number of carbonyl (C=O) groups excluding carboxylic acids is 1. The van der Waals surface area contributed by atoms with Crippen molar-refractivity contribution in [1.82, 2.24) is 5.32 Å². The number of carboxylic acid groups (broad SMARTS) is 1. The van der Waals surface area contributed by atoms with E-state index < -0.39 is 5.97 Å². The molecule has 0 spiro atoms. The Bertz CT molecular complexity index is 522. The lowest BCUT2D eigenvalue weighted by atomic mass is 9.85. The molecule has 0 atom stereocenters. The molecule has 2 rings (SSSR count). The zero-order valence-electron chi connectivity index (χ0n) is 11.1. The number of carboxylic acids is 1. The van der Waals surface area contributed by atoms with Gasteiger partial charge in [0, 0.05) is 18.3 Å². The predicted octanol–water partition coefficient (Wildman–Crippen LogP) is 2.71. The lowest BCUT2D eigenvalue weighted by Crippen LogP contribution is -2.35. The Morgan fingerprint density at radius 2 is 2.15 bits per heavy atom. The van der Waals surface area contributed by atoms with Gasteiger partial charge in [0.05, 0.1) is 0 Å². The van der Waals surface area contributed by atoms with E-state index in [0.717, 1.165) is 11.6 Å². The van der Waals surface area contributed by atoms with E-state index in [1.54, 1.807) is 24.3 Å². The first-order valence-electron chi connectivity index (χ1n) is 6.69. The third kappa shape index (κ3) is 4.42. The van der Waals surface area contributed by atoms with Crippen molar-refractivity contribution in [2.45, 2.75) is 19.3 Å². The van der Waals surface area contributed by atoms with Crippen molar-refractivity contribution in [1.29, 1.82) is 0 Å². The van der Waals surface area contributed by atoms with Gasteiger partial charge in [-0.3, -0.25) is 0 Å². The van der Waals surface area contributed by atoms with Crippen molar-refractivity contribution >= 4 is 23.8 Å². The number of anilines is 1. The smallest absolute Gasteiger partial charge is 0.328 e. The van der Waals surface area contributed by atoms with Crippen molar-refractivity contribution in [3.8, 4) is 0 Å². The molecule has 0 unspecified atom stereocenters. The highest BCUT2D eigenvalue weighted by Crippen LogP contribution is 2.25. The third-order valence-corrected chi connectivity index (χ3v) is 3.34. The molecule has 1 aromatic rings. The van der Waals surface area contributed by atoms with Crippen molar-refractivity contribution < 1.29 is 14.7 Å². The van der Waals surface area contributed by atoms with Crippen molar-refractivity contribution in [3.05, 3.63) is 35.9 Å². The molecular formula is C15H18N2O3. The first-order chi connectivity index (χ1) is 9.63. The predicted molar refractivity (Wildman–Crippen MR) is 77.5 cm³/mol. The number of aliphatic carboxylic acids is 1. The van der Waals surface area contributed by atoms with Gasteiger partial charge in [-0.2, -0.15) is 0 Å². The van der Waals surface area contributed by atoms with Crippen LogP contribution in [0.25, 0.3) is 6.08 Å². The summed E-state index contributed by atoms with van der Waals surface area (Å²) in [5.41, 5.74) is 1.37. The van der Waals surface area contributed by atoms with Crippen LogP contribution in [0.15, 0.2) is 30.3 Å². The van der Waals surface area contributed by atoms with E-state index in [0.29, 0.717) is 18.2 Å². The highest BCUT2D eigenvalue weighted by molar-refractivity contribution is 5.90. The van der Waals surface area contributed by atoms with Crippen LogP contribution in [-0.2, 0) is 4.79 Å². The lowest BCUT2D eigenvalue weighted by molar-refractivity contribution is -0.131. The molecule has 2 amide bonds. The van der Waals surface area contributed by atoms with E-state index in [1.165, 1.54) is 25.3 Å². The van der Waals surface area contributed by atoms with Crippen LogP contribution in [-0.4, -0.2) is 23.7 Å². The van der Waals surface area contributed by atoms with Gasteiger partial charge >= 0.3 is 12.0 Å². The summed E-state index contributed by atoms with van der Waals surface area (Å²) in [7, 11) is 0. The van der Waals surface area contributed by atoms with Crippen LogP contribution in [0.1, 0.15) is 24.8 Å². The molecule has 106 valence electrons. The summed E-state index contributed by atoms with van der Waals surface area (Å²) in [5.74, 6) is -0.382. The molecule has 3 N–H and O–H groups in total. The summed E-state index contributed by atoms with van der Waals surface area (Å²) in [6, 6.07) is 6.81. The molecule has 5 heteroatoms. The van der Waals surface area contributed by atoms with Crippen molar-refractivity contribution in [2.75, 3.05) is 11.9 Å². The van der Waals surface area contributed by atoms with Gasteiger partial charge in [0.25, 0.3) is 0 Å². The Morgan fingerprint density at radius 1 is 1.35 bits per heavy atom. The number of benzene rings is 1. The van der Waals surface area contributed by atoms with Crippen molar-refractivity contribution in [2.24, 2.45) is 5.92 Å². The zero-order valence-corrected chi connectivity index (χ0v) is 11.1. The molecule has 1 aliphatic carbocycles. The zero-order chi connectivity index (χ0) is 14.4. The van der Waals surface area contributed by atoms with E-state index in [1.807, 2.05) is 0 Å². The van der Waals surface area contributed by atoms with Gasteiger partial charge in [-0.1, -0.05) is 18.6 Å². The molecule has 0 aromatic heterocycles. The highest BCUT2D eigenvalue weighted by Gasteiger charge is 2.17. The Hall–Kier alpha value is -2.30. The first-order valence-corrected chi connectivity index (χ1v) is 6.69. The molecule has 1 aliphatic rings. The quantitative estimate of drug-likeness (QED) is 0.722. The normalized spacial score (nSPS) is 14.8. The molecule has 5 nitrogen and oxygen atoms in total. The Labute approximate surface area is 117 Å². The van der Waals surface area contributed by atoms with Crippen LogP contribution in [0, 0.1) is 5.92 Å². The van der Waals surface area contributed by atoms with Gasteiger partial charge in [-0.05, 0) is 42.5 Å². The second kappa shape index (κ2) is 6.75. The largest absolute Gasteiger partial charge is 0.478 e. The summed E-state index contributed by atoms with van der Waals surface area (Å²) < 4.78 is 0. The number of amides is 2. The SMILES string of the molecule is O=C(O)/C=C/c1cccc(NC(=O)NCC2CCC2)c1. The van der Waals surface area contributed by atoms with Crippen LogP contribution in [0.2, 0.25) is 0 Å². The number of rotatable bonds is 5. The van der Waals surface area contributed by atoms with E-state index in [-0.39, 0.29) is 6.03 Å². The van der Waals surface area contributed by atoms with Crippen LogP contribution in [0.4, 0.5) is 10.5 Å². The van der Waals surface area contributed by atoms with Gasteiger partial charge < -0.3 is 15.7 Å². The second-order valence-corrected chi connectivity index (χ2v) is 4.93. The minimum Gasteiger partial charge on any atom is -0.478 e. The van der Waals surface area contributed by atoms with Gasteiger partial charge in [0.15, 0.2) is 0 Å². The van der Waals surface area contributed by atoms with Gasteiger partial charge in [-0.15, -0.1) is 0 Å². The molecule has 0 radical (unpaired) electrons. The summed E-state index contributed by atoms with van der Waals surface area (Å²) in [5, 5.41) is 14.2. The Morgan fingerprint density at radius 3 is 2.80 bits per heavy atom. The Balaban J connectivity index is 1.86. The van der Waals surface area contributed by atoms with Crippen molar-refractivity contribution in [3.63, 3.8) is 0 Å². The number of hydrogen-bond donors (Lipinski definition) is 3. The minimum absolute atomic E-state index is 0.226. The fourth-order valence-electron chi connectivity index (χ4n) is 2.00. The maximum absolute atomic E-state index is 11.7. The summed E-state index contributed by atoms with van der Waals surface area (Å²) in [6.07, 6.45) is 6.19. The average molecular weight is 274 g/mol. The van der Waals surface area contributed by atoms with E-state index in [9.17, 15) is 9.59 Å². The molecule has 0 aliphatic heterocycles. The van der Waals surface area contributed by atoms with Crippen LogP contribution in [0.3, 0.4) is 0 Å². The van der Waals surface area contributed by atoms with Gasteiger partial charge in [0.1, 0.15) is 0 Å². The number of carbonyl (C=O) groups is 2. The first kappa shape index (κ1) is 14.1. The third-order valence-electron chi connectivity index (χ3n) is 3.34. The fraction of sp³-hybridized carbons (Fsp3) is 0.333. The highest BCUT2D eigenvalue weighted by atomic mass is 16.4. The van der Waals surface area contributed by atoms with E-state index >= 15 is 0 Å². The van der Waals surface area contributed by atoms with E-state index in [2.05, 4.69) is 10.6 Å². The summed E-state index contributed by atoms with van der Waals surface area (Å²) in [4.78, 5) is 22.2. The van der Waals surface area contributed by atoms with Gasteiger partial charge in [0.2, 0.25) is 0 Å². The number of urea groups is 1. The molecule has 0 heterocycles. The standard InChI is InChI=1S/C15H18N2O3/c18-14(19)8-7-11-3-2-6-13(9-11)17-15(20)16-10-12-4-1-5-12/h2-3,6-9,12H,1,4-5,10H2,(H,18,19)(H2,16,17,20)/b8-7+. The second-order valence-electron chi connectivity index (χ2n) is 4.93. The van der Waals surface area contributed by atoms with E-state index in [4.69, 9.17) is 5.11 Å². The molecule has 1 saturated carbocycles. The molecule has 0 bridgehead atoms. The molecule has 0 saturated heterocycles. The summed E-state index contributed by atoms with van der Waals surface area (Å²) >= 11 is 0.